The van der Waals surface area contributed by atoms with Crippen LogP contribution in [-0.4, -0.2) is 25.6 Å². The quantitative estimate of drug-likeness (QED) is 0.834. The molecule has 1 atom stereocenters. The Labute approximate surface area is 145 Å². The summed E-state index contributed by atoms with van der Waals surface area (Å²) in [7, 11) is 1.57. The van der Waals surface area contributed by atoms with E-state index >= 15 is 0 Å². The lowest BCUT2D eigenvalue weighted by Gasteiger charge is -2.13. The van der Waals surface area contributed by atoms with Gasteiger partial charge in [-0.05, 0) is 35.4 Å². The van der Waals surface area contributed by atoms with Crippen LogP contribution in [0.4, 0.5) is 4.39 Å². The lowest BCUT2D eigenvalue weighted by molar-refractivity contribution is 0.171. The Bertz CT molecular complexity index is 698. The first kappa shape index (κ1) is 18.3. The molecule has 1 heterocycles. The fourth-order valence-electron chi connectivity index (χ4n) is 2.47. The molecule has 2 aromatic carbocycles. The number of hydrogen-bond acceptors (Lipinski definition) is 5. The van der Waals surface area contributed by atoms with E-state index in [1.54, 1.807) is 19.2 Å². The van der Waals surface area contributed by atoms with E-state index in [4.69, 9.17) is 14.2 Å². The molecule has 0 saturated heterocycles. The summed E-state index contributed by atoms with van der Waals surface area (Å²) in [6.07, 6.45) is -0.776. The highest BCUT2D eigenvalue weighted by molar-refractivity contribution is 5.85. The molecule has 0 bridgehead atoms. The average Bonchev–Trinajstić information content (AvgIpc) is 3.02. The van der Waals surface area contributed by atoms with Gasteiger partial charge in [-0.15, -0.1) is 12.4 Å². The van der Waals surface area contributed by atoms with E-state index in [1.165, 1.54) is 12.1 Å². The smallest absolute Gasteiger partial charge is 0.231 e. The van der Waals surface area contributed by atoms with Crippen molar-refractivity contribution < 1.29 is 23.7 Å². The lowest BCUT2D eigenvalue weighted by atomic mass is 10.1. The minimum atomic E-state index is -0.776. The maximum atomic E-state index is 13.2. The van der Waals surface area contributed by atoms with Crippen LogP contribution in [0.25, 0.3) is 0 Å². The Morgan fingerprint density at radius 1 is 1.29 bits per heavy atom. The number of aliphatic hydroxyl groups excluding tert-OH is 1. The summed E-state index contributed by atoms with van der Waals surface area (Å²) in [6.45, 7) is 1.00. The van der Waals surface area contributed by atoms with Crippen LogP contribution in [0.2, 0.25) is 0 Å². The highest BCUT2D eigenvalue weighted by Crippen LogP contribution is 2.41. The van der Waals surface area contributed by atoms with Gasteiger partial charge < -0.3 is 24.6 Å². The van der Waals surface area contributed by atoms with Crippen molar-refractivity contribution in [2.45, 2.75) is 12.6 Å². The summed E-state index contributed by atoms with van der Waals surface area (Å²) < 4.78 is 29.2. The van der Waals surface area contributed by atoms with E-state index in [0.717, 1.165) is 5.56 Å². The summed E-state index contributed by atoms with van der Waals surface area (Å²) in [5, 5.41) is 13.2. The largest absolute Gasteiger partial charge is 0.493 e. The molecule has 0 spiro atoms. The number of rotatable bonds is 6. The van der Waals surface area contributed by atoms with Gasteiger partial charge in [0.05, 0.1) is 13.2 Å². The Hall–Kier alpha value is -2.02. The van der Waals surface area contributed by atoms with Gasteiger partial charge in [-0.3, -0.25) is 0 Å². The molecule has 0 aromatic heterocycles. The molecule has 1 aliphatic heterocycles. The monoisotopic (exact) mass is 355 g/mol. The number of fused-ring (bicyclic) bond motifs is 1. The van der Waals surface area contributed by atoms with Gasteiger partial charge in [0.25, 0.3) is 0 Å². The van der Waals surface area contributed by atoms with Crippen molar-refractivity contribution in [1.82, 2.24) is 5.32 Å². The van der Waals surface area contributed by atoms with Crippen LogP contribution in [-0.2, 0) is 6.54 Å². The fraction of sp³-hybridized carbons (Fsp3) is 0.294. The highest BCUT2D eigenvalue weighted by atomic mass is 35.5. The molecule has 2 N–H and O–H groups in total. The molecule has 130 valence electrons. The highest BCUT2D eigenvalue weighted by Gasteiger charge is 2.20. The maximum Gasteiger partial charge on any atom is 0.231 e. The van der Waals surface area contributed by atoms with Gasteiger partial charge in [0.15, 0.2) is 11.5 Å². The van der Waals surface area contributed by atoms with Crippen molar-refractivity contribution in [3.05, 3.63) is 53.3 Å². The third-order valence-electron chi connectivity index (χ3n) is 3.62. The van der Waals surface area contributed by atoms with E-state index in [-0.39, 0.29) is 25.0 Å². The maximum absolute atomic E-state index is 13.2. The molecule has 0 saturated carbocycles. The SMILES string of the molecule is COc1cc(CNCC(O)c2cccc(F)c2)cc2c1OCO2.Cl. The molecule has 1 unspecified atom stereocenters. The van der Waals surface area contributed by atoms with Gasteiger partial charge in [0.1, 0.15) is 5.82 Å². The third kappa shape index (κ3) is 4.08. The molecule has 0 radical (unpaired) electrons. The zero-order valence-corrected chi connectivity index (χ0v) is 13.9. The van der Waals surface area contributed by atoms with Crippen molar-refractivity contribution in [2.75, 3.05) is 20.4 Å². The Morgan fingerprint density at radius 3 is 2.88 bits per heavy atom. The van der Waals surface area contributed by atoms with Crippen molar-refractivity contribution in [3.8, 4) is 17.2 Å². The normalized spacial score (nSPS) is 13.3. The van der Waals surface area contributed by atoms with E-state index in [2.05, 4.69) is 5.32 Å². The number of methoxy groups -OCH3 is 1. The standard InChI is InChI=1S/C17H18FNO4.ClH/c1-21-15-5-11(6-16-17(15)23-10-22-16)8-19-9-14(20)12-3-2-4-13(18)7-12;/h2-7,14,19-20H,8-10H2,1H3;1H. The predicted octanol–water partition coefficient (Wildman–Crippen LogP) is 2.81. The Kier molecular flexibility index (Phi) is 6.25. The van der Waals surface area contributed by atoms with E-state index in [9.17, 15) is 9.50 Å². The molecule has 1 aliphatic rings. The first-order valence-electron chi connectivity index (χ1n) is 7.28. The summed E-state index contributed by atoms with van der Waals surface area (Å²) in [5.41, 5.74) is 1.48. The van der Waals surface area contributed by atoms with Crippen LogP contribution in [0.15, 0.2) is 36.4 Å². The molecule has 5 nitrogen and oxygen atoms in total. The molecular weight excluding hydrogens is 337 g/mol. The van der Waals surface area contributed by atoms with Crippen molar-refractivity contribution in [3.63, 3.8) is 0 Å². The van der Waals surface area contributed by atoms with Crippen molar-refractivity contribution in [1.29, 1.82) is 0 Å². The van der Waals surface area contributed by atoms with Gasteiger partial charge >= 0.3 is 0 Å². The van der Waals surface area contributed by atoms with Crippen LogP contribution in [0.5, 0.6) is 17.2 Å². The van der Waals surface area contributed by atoms with Crippen molar-refractivity contribution >= 4 is 12.4 Å². The summed E-state index contributed by atoms with van der Waals surface area (Å²) in [6, 6.07) is 9.68. The number of benzene rings is 2. The second-order valence-electron chi connectivity index (χ2n) is 5.23. The zero-order chi connectivity index (χ0) is 16.2. The first-order chi connectivity index (χ1) is 11.2. The van der Waals surface area contributed by atoms with Crippen LogP contribution < -0.4 is 19.5 Å². The van der Waals surface area contributed by atoms with E-state index < -0.39 is 6.10 Å². The molecule has 24 heavy (non-hydrogen) atoms. The van der Waals surface area contributed by atoms with Gasteiger partial charge in [-0.2, -0.15) is 0 Å². The lowest BCUT2D eigenvalue weighted by Crippen LogP contribution is -2.21. The molecular formula is C17H19ClFNO4. The van der Waals surface area contributed by atoms with Crippen LogP contribution in [0.3, 0.4) is 0 Å². The topological polar surface area (TPSA) is 60.0 Å². The van der Waals surface area contributed by atoms with Gasteiger partial charge in [-0.25, -0.2) is 4.39 Å². The molecule has 7 heteroatoms. The van der Waals surface area contributed by atoms with Gasteiger partial charge in [0.2, 0.25) is 12.5 Å². The number of ether oxygens (including phenoxy) is 3. The van der Waals surface area contributed by atoms with Crippen molar-refractivity contribution in [2.24, 2.45) is 0 Å². The molecule has 2 aromatic rings. The average molecular weight is 356 g/mol. The number of nitrogens with one attached hydrogen (secondary N) is 1. The minimum absolute atomic E-state index is 0. The minimum Gasteiger partial charge on any atom is -0.493 e. The van der Waals surface area contributed by atoms with E-state index in [1.807, 2.05) is 12.1 Å². The zero-order valence-electron chi connectivity index (χ0n) is 13.1. The molecule has 0 amide bonds. The third-order valence-corrected chi connectivity index (χ3v) is 3.62. The fourth-order valence-corrected chi connectivity index (χ4v) is 2.47. The molecule has 0 aliphatic carbocycles. The van der Waals surface area contributed by atoms with Crippen LogP contribution >= 0.6 is 12.4 Å². The van der Waals surface area contributed by atoms with E-state index in [0.29, 0.717) is 35.9 Å². The summed E-state index contributed by atoms with van der Waals surface area (Å²) >= 11 is 0. The summed E-state index contributed by atoms with van der Waals surface area (Å²) in [5.74, 6) is 1.51. The van der Waals surface area contributed by atoms with Crippen LogP contribution in [0.1, 0.15) is 17.2 Å². The number of hydrogen-bond donors (Lipinski definition) is 2. The second kappa shape index (κ2) is 8.19. The second-order valence-corrected chi connectivity index (χ2v) is 5.23. The van der Waals surface area contributed by atoms with Crippen LogP contribution in [0, 0.1) is 5.82 Å². The first-order valence-corrected chi connectivity index (χ1v) is 7.28. The molecule has 3 rings (SSSR count). The Morgan fingerprint density at radius 2 is 2.12 bits per heavy atom. The molecule has 0 fully saturated rings. The predicted molar refractivity (Wildman–Crippen MR) is 89.4 cm³/mol. The number of halogens is 2. The Balaban J connectivity index is 0.00000208. The number of aliphatic hydroxyl groups is 1. The van der Waals surface area contributed by atoms with Gasteiger partial charge in [-0.1, -0.05) is 12.1 Å². The summed E-state index contributed by atoms with van der Waals surface area (Å²) in [4.78, 5) is 0. The van der Waals surface area contributed by atoms with Gasteiger partial charge in [0, 0.05) is 13.1 Å².